The van der Waals surface area contributed by atoms with Gasteiger partial charge in [-0.15, -0.1) is 0 Å². The number of fused-ring (bicyclic) bond motifs is 2. The van der Waals surface area contributed by atoms with E-state index in [-0.39, 0.29) is 24.0 Å². The van der Waals surface area contributed by atoms with Crippen molar-refractivity contribution in [3.8, 4) is 0 Å². The van der Waals surface area contributed by atoms with Crippen molar-refractivity contribution in [1.29, 1.82) is 0 Å². The average Bonchev–Trinajstić information content (AvgIpc) is 3.40. The molecule has 4 rings (SSSR count). The second kappa shape index (κ2) is 8.01. The van der Waals surface area contributed by atoms with Gasteiger partial charge in [0.15, 0.2) is 0 Å². The standard InChI is InChI=1S/C23H29N3O3/c1-3-29-22(28)23(15-18-7-5-4-6-8-18)16-19-9-10-20(23)26(19)21(27)12-14-25-13-11-17(2)24-25/h4-8,11,13,19-20H,3,9-10,12,14-16H2,1-2H3/t19-,20+,23+/m1/s1. The Morgan fingerprint density at radius 1 is 1.21 bits per heavy atom. The third-order valence-electron chi connectivity index (χ3n) is 6.40. The Hall–Kier alpha value is -2.63. The topological polar surface area (TPSA) is 64.4 Å². The van der Waals surface area contributed by atoms with E-state index < -0.39 is 5.41 Å². The Morgan fingerprint density at radius 3 is 2.69 bits per heavy atom. The van der Waals surface area contributed by atoms with Gasteiger partial charge in [0.05, 0.1) is 17.7 Å². The van der Waals surface area contributed by atoms with Crippen LogP contribution in [0.15, 0.2) is 42.6 Å². The lowest BCUT2D eigenvalue weighted by Crippen LogP contribution is -2.47. The van der Waals surface area contributed by atoms with E-state index in [4.69, 9.17) is 4.74 Å². The van der Waals surface area contributed by atoms with Crippen LogP contribution in [-0.4, -0.2) is 45.2 Å². The van der Waals surface area contributed by atoms with Gasteiger partial charge in [-0.1, -0.05) is 30.3 Å². The monoisotopic (exact) mass is 395 g/mol. The number of hydrogen-bond acceptors (Lipinski definition) is 4. The van der Waals surface area contributed by atoms with Crippen LogP contribution in [0, 0.1) is 12.3 Å². The predicted octanol–water partition coefficient (Wildman–Crippen LogP) is 3.14. The van der Waals surface area contributed by atoms with E-state index >= 15 is 0 Å². The number of benzene rings is 1. The van der Waals surface area contributed by atoms with E-state index in [2.05, 4.69) is 17.2 Å². The van der Waals surface area contributed by atoms with Crippen molar-refractivity contribution >= 4 is 11.9 Å². The lowest BCUT2D eigenvalue weighted by molar-refractivity contribution is -0.158. The number of amides is 1. The quantitative estimate of drug-likeness (QED) is 0.676. The fourth-order valence-corrected chi connectivity index (χ4v) is 5.20. The smallest absolute Gasteiger partial charge is 0.314 e. The molecule has 2 saturated heterocycles. The SMILES string of the molecule is CCOC(=O)[C@@]1(Cc2ccccc2)C[C@H]2CC[C@@H]1N2C(=O)CCn1ccc(C)n1. The Kier molecular flexibility index (Phi) is 5.43. The number of aryl methyl sites for hydroxylation is 2. The highest BCUT2D eigenvalue weighted by atomic mass is 16.5. The summed E-state index contributed by atoms with van der Waals surface area (Å²) in [5.41, 5.74) is 1.42. The first-order valence-corrected chi connectivity index (χ1v) is 10.6. The van der Waals surface area contributed by atoms with E-state index in [0.717, 1.165) is 24.1 Å². The highest BCUT2D eigenvalue weighted by Crippen LogP contribution is 2.52. The lowest BCUT2D eigenvalue weighted by atomic mass is 9.70. The van der Waals surface area contributed by atoms with E-state index in [1.807, 2.05) is 53.9 Å². The molecule has 1 aromatic carbocycles. The van der Waals surface area contributed by atoms with Crippen LogP contribution in [0.2, 0.25) is 0 Å². The van der Waals surface area contributed by atoms with Crippen LogP contribution in [0.4, 0.5) is 0 Å². The lowest BCUT2D eigenvalue weighted by Gasteiger charge is -2.35. The largest absolute Gasteiger partial charge is 0.465 e. The van der Waals surface area contributed by atoms with Crippen LogP contribution in [-0.2, 0) is 27.3 Å². The van der Waals surface area contributed by atoms with Gasteiger partial charge < -0.3 is 9.64 Å². The Morgan fingerprint density at radius 2 is 2.00 bits per heavy atom. The maximum absolute atomic E-state index is 13.1. The van der Waals surface area contributed by atoms with Crippen molar-refractivity contribution < 1.29 is 14.3 Å². The molecule has 0 aliphatic carbocycles. The number of carbonyl (C=O) groups is 2. The molecule has 0 saturated carbocycles. The first kappa shape index (κ1) is 19.7. The molecule has 3 heterocycles. The van der Waals surface area contributed by atoms with Gasteiger partial charge in [-0.05, 0) is 51.2 Å². The van der Waals surface area contributed by atoms with Crippen LogP contribution in [0.5, 0.6) is 0 Å². The summed E-state index contributed by atoms with van der Waals surface area (Å²) in [6, 6.07) is 12.1. The van der Waals surface area contributed by atoms with Gasteiger partial charge in [-0.3, -0.25) is 14.3 Å². The van der Waals surface area contributed by atoms with Crippen molar-refractivity contribution in [2.24, 2.45) is 5.41 Å². The number of hydrogen-bond donors (Lipinski definition) is 0. The number of carbonyl (C=O) groups excluding carboxylic acids is 2. The van der Waals surface area contributed by atoms with E-state index in [1.165, 1.54) is 0 Å². The Bertz CT molecular complexity index is 879. The van der Waals surface area contributed by atoms with Crippen LogP contribution < -0.4 is 0 Å². The molecule has 1 aromatic heterocycles. The second-order valence-corrected chi connectivity index (χ2v) is 8.26. The molecule has 2 bridgehead atoms. The maximum atomic E-state index is 13.1. The summed E-state index contributed by atoms with van der Waals surface area (Å²) in [7, 11) is 0. The number of ether oxygens (including phenoxy) is 1. The second-order valence-electron chi connectivity index (χ2n) is 8.26. The zero-order valence-corrected chi connectivity index (χ0v) is 17.2. The zero-order chi connectivity index (χ0) is 20.4. The fraction of sp³-hybridized carbons (Fsp3) is 0.522. The molecule has 0 N–H and O–H groups in total. The Labute approximate surface area is 171 Å². The minimum absolute atomic E-state index is 0.0846. The summed E-state index contributed by atoms with van der Waals surface area (Å²) in [4.78, 5) is 28.3. The molecule has 0 radical (unpaired) electrons. The molecule has 6 heteroatoms. The van der Waals surface area contributed by atoms with Crippen molar-refractivity contribution in [1.82, 2.24) is 14.7 Å². The molecule has 0 unspecified atom stereocenters. The van der Waals surface area contributed by atoms with Gasteiger partial charge in [-0.2, -0.15) is 5.10 Å². The molecule has 29 heavy (non-hydrogen) atoms. The minimum Gasteiger partial charge on any atom is -0.465 e. The minimum atomic E-state index is -0.641. The van der Waals surface area contributed by atoms with Gasteiger partial charge in [-0.25, -0.2) is 0 Å². The molecule has 3 atom stereocenters. The van der Waals surface area contributed by atoms with Crippen LogP contribution >= 0.6 is 0 Å². The first-order chi connectivity index (χ1) is 14.0. The molecule has 2 fully saturated rings. The van der Waals surface area contributed by atoms with E-state index in [0.29, 0.717) is 32.4 Å². The van der Waals surface area contributed by atoms with Gasteiger partial charge in [0.1, 0.15) is 0 Å². The van der Waals surface area contributed by atoms with Crippen molar-refractivity contribution in [2.75, 3.05) is 6.61 Å². The van der Waals surface area contributed by atoms with E-state index in [9.17, 15) is 9.59 Å². The third kappa shape index (κ3) is 3.68. The van der Waals surface area contributed by atoms with Gasteiger partial charge in [0.25, 0.3) is 0 Å². The summed E-state index contributed by atoms with van der Waals surface area (Å²) < 4.78 is 7.34. The normalized spacial score (nSPS) is 25.4. The molecule has 6 nitrogen and oxygen atoms in total. The average molecular weight is 396 g/mol. The van der Waals surface area contributed by atoms with Crippen molar-refractivity contribution in [3.63, 3.8) is 0 Å². The first-order valence-electron chi connectivity index (χ1n) is 10.6. The molecular formula is C23H29N3O3. The van der Waals surface area contributed by atoms with Crippen molar-refractivity contribution in [3.05, 3.63) is 53.9 Å². The fourth-order valence-electron chi connectivity index (χ4n) is 5.20. The number of aromatic nitrogens is 2. The van der Waals surface area contributed by atoms with E-state index in [1.54, 1.807) is 0 Å². The maximum Gasteiger partial charge on any atom is 0.314 e. The third-order valence-corrected chi connectivity index (χ3v) is 6.40. The molecular weight excluding hydrogens is 366 g/mol. The summed E-state index contributed by atoms with van der Waals surface area (Å²) in [6.45, 7) is 4.71. The van der Waals surface area contributed by atoms with Crippen LogP contribution in [0.1, 0.15) is 43.9 Å². The Balaban J connectivity index is 1.54. The summed E-state index contributed by atoms with van der Waals surface area (Å²) in [5, 5.41) is 4.37. The number of nitrogens with zero attached hydrogens (tertiary/aromatic N) is 3. The molecule has 0 spiro atoms. The predicted molar refractivity (Wildman–Crippen MR) is 109 cm³/mol. The molecule has 2 aliphatic heterocycles. The van der Waals surface area contributed by atoms with Crippen LogP contribution in [0.25, 0.3) is 0 Å². The molecule has 2 aromatic rings. The number of rotatable bonds is 7. The highest BCUT2D eigenvalue weighted by Gasteiger charge is 2.61. The van der Waals surface area contributed by atoms with Gasteiger partial charge in [0, 0.05) is 31.2 Å². The summed E-state index contributed by atoms with van der Waals surface area (Å²) in [6.07, 6.45) is 5.45. The molecule has 2 aliphatic rings. The highest BCUT2D eigenvalue weighted by molar-refractivity contribution is 5.84. The zero-order valence-electron chi connectivity index (χ0n) is 17.2. The van der Waals surface area contributed by atoms with Crippen molar-refractivity contribution in [2.45, 2.75) is 64.6 Å². The van der Waals surface area contributed by atoms with Gasteiger partial charge >= 0.3 is 5.97 Å². The summed E-state index contributed by atoms with van der Waals surface area (Å²) >= 11 is 0. The summed E-state index contributed by atoms with van der Waals surface area (Å²) in [5.74, 6) is -0.0403. The number of esters is 1. The van der Waals surface area contributed by atoms with Crippen LogP contribution in [0.3, 0.4) is 0 Å². The molecule has 1 amide bonds. The van der Waals surface area contributed by atoms with Gasteiger partial charge in [0.2, 0.25) is 5.91 Å². The molecule has 154 valence electrons.